The molecular formula is C20H12ClFO. The van der Waals surface area contributed by atoms with Crippen molar-refractivity contribution in [2.45, 2.75) is 0 Å². The summed E-state index contributed by atoms with van der Waals surface area (Å²) in [4.78, 5) is 0. The van der Waals surface area contributed by atoms with Crippen LogP contribution in [0.25, 0.3) is 32.7 Å². The molecule has 0 spiro atoms. The fourth-order valence-electron chi connectivity index (χ4n) is 3.08. The molecule has 0 saturated heterocycles. The lowest BCUT2D eigenvalue weighted by atomic mass is 9.92. The number of phenolic OH excluding ortho intramolecular Hbond substituents is 1. The van der Waals surface area contributed by atoms with Crippen LogP contribution >= 0.6 is 11.6 Å². The number of fused-ring (bicyclic) bond motifs is 3. The zero-order chi connectivity index (χ0) is 16.0. The van der Waals surface area contributed by atoms with E-state index >= 15 is 0 Å². The maximum atomic E-state index is 14.3. The normalized spacial score (nSPS) is 11.2. The van der Waals surface area contributed by atoms with Gasteiger partial charge in [-0.2, -0.15) is 0 Å². The van der Waals surface area contributed by atoms with E-state index in [0.717, 1.165) is 16.2 Å². The molecule has 0 amide bonds. The van der Waals surface area contributed by atoms with E-state index in [-0.39, 0.29) is 11.6 Å². The Labute approximate surface area is 137 Å². The van der Waals surface area contributed by atoms with Gasteiger partial charge in [-0.3, -0.25) is 0 Å². The first kappa shape index (κ1) is 14.0. The molecule has 4 aromatic carbocycles. The van der Waals surface area contributed by atoms with Gasteiger partial charge in [-0.1, -0.05) is 60.1 Å². The van der Waals surface area contributed by atoms with Crippen LogP contribution in [0.3, 0.4) is 0 Å². The molecule has 0 fully saturated rings. The Kier molecular flexibility index (Phi) is 3.21. The minimum absolute atomic E-state index is 0.0838. The second-order valence-corrected chi connectivity index (χ2v) is 5.88. The lowest BCUT2D eigenvalue weighted by Crippen LogP contribution is -1.89. The van der Waals surface area contributed by atoms with Crippen molar-refractivity contribution in [3.63, 3.8) is 0 Å². The highest BCUT2D eigenvalue weighted by atomic mass is 35.5. The van der Waals surface area contributed by atoms with E-state index in [1.165, 1.54) is 6.07 Å². The third-order valence-corrected chi connectivity index (χ3v) is 4.34. The molecule has 1 nitrogen and oxygen atoms in total. The number of benzene rings is 4. The summed E-state index contributed by atoms with van der Waals surface area (Å²) < 4.78 is 14.3. The predicted octanol–water partition coefficient (Wildman–Crippen LogP) is 6.16. The second kappa shape index (κ2) is 5.25. The summed E-state index contributed by atoms with van der Waals surface area (Å²) in [5, 5.41) is 14.6. The van der Waals surface area contributed by atoms with Gasteiger partial charge >= 0.3 is 0 Å². The van der Waals surface area contributed by atoms with E-state index in [2.05, 4.69) is 0 Å². The van der Waals surface area contributed by atoms with Crippen molar-refractivity contribution in [1.29, 1.82) is 0 Å². The van der Waals surface area contributed by atoms with Crippen molar-refractivity contribution in [3.8, 4) is 16.9 Å². The fraction of sp³-hybridized carbons (Fsp3) is 0. The largest absolute Gasteiger partial charge is 0.507 e. The highest BCUT2D eigenvalue weighted by Gasteiger charge is 2.17. The highest BCUT2D eigenvalue weighted by molar-refractivity contribution is 6.32. The summed E-state index contributed by atoms with van der Waals surface area (Å²) in [7, 11) is 0. The quantitative estimate of drug-likeness (QED) is 0.416. The summed E-state index contributed by atoms with van der Waals surface area (Å²) in [5.41, 5.74) is 0.872. The van der Waals surface area contributed by atoms with Gasteiger partial charge < -0.3 is 5.11 Å². The monoisotopic (exact) mass is 322 g/mol. The molecule has 3 heteroatoms. The SMILES string of the molecule is Oc1c(-c2ccccc2F)c2ccc(Cl)cc2c2ccccc12. The zero-order valence-electron chi connectivity index (χ0n) is 12.1. The molecule has 0 heterocycles. The molecule has 1 N–H and O–H groups in total. The zero-order valence-corrected chi connectivity index (χ0v) is 12.8. The summed E-state index contributed by atoms with van der Waals surface area (Å²) in [6.45, 7) is 0. The average molecular weight is 323 g/mol. The molecule has 23 heavy (non-hydrogen) atoms. The molecule has 4 rings (SSSR count). The molecule has 0 aliphatic heterocycles. The number of hydrogen-bond acceptors (Lipinski definition) is 1. The van der Waals surface area contributed by atoms with E-state index < -0.39 is 0 Å². The van der Waals surface area contributed by atoms with E-state index in [1.807, 2.05) is 36.4 Å². The Morgan fingerprint density at radius 2 is 1.43 bits per heavy atom. The van der Waals surface area contributed by atoms with Crippen LogP contribution in [0.5, 0.6) is 5.75 Å². The number of aromatic hydroxyl groups is 1. The number of hydrogen-bond donors (Lipinski definition) is 1. The van der Waals surface area contributed by atoms with Crippen molar-refractivity contribution >= 4 is 33.1 Å². The number of halogens is 2. The first-order valence-electron chi connectivity index (χ1n) is 7.24. The Morgan fingerprint density at radius 1 is 0.739 bits per heavy atom. The highest BCUT2D eigenvalue weighted by Crippen LogP contribution is 2.44. The van der Waals surface area contributed by atoms with Crippen LogP contribution in [0.2, 0.25) is 5.02 Å². The van der Waals surface area contributed by atoms with Crippen molar-refractivity contribution in [3.05, 3.63) is 77.6 Å². The lowest BCUT2D eigenvalue weighted by molar-refractivity contribution is 0.483. The molecule has 0 bridgehead atoms. The van der Waals surface area contributed by atoms with E-state index in [0.29, 0.717) is 21.5 Å². The molecule has 0 aromatic heterocycles. The topological polar surface area (TPSA) is 20.2 Å². The Bertz CT molecular complexity index is 1060. The molecular weight excluding hydrogens is 311 g/mol. The maximum absolute atomic E-state index is 14.3. The molecule has 0 unspecified atom stereocenters. The predicted molar refractivity (Wildman–Crippen MR) is 93.5 cm³/mol. The van der Waals surface area contributed by atoms with Crippen molar-refractivity contribution in [1.82, 2.24) is 0 Å². The van der Waals surface area contributed by atoms with Gasteiger partial charge in [0.1, 0.15) is 11.6 Å². The van der Waals surface area contributed by atoms with Gasteiger partial charge in [0, 0.05) is 21.5 Å². The van der Waals surface area contributed by atoms with Gasteiger partial charge in [-0.25, -0.2) is 4.39 Å². The smallest absolute Gasteiger partial charge is 0.131 e. The first-order valence-corrected chi connectivity index (χ1v) is 7.62. The van der Waals surface area contributed by atoms with E-state index in [9.17, 15) is 9.50 Å². The lowest BCUT2D eigenvalue weighted by Gasteiger charge is -2.14. The van der Waals surface area contributed by atoms with Crippen LogP contribution in [0.1, 0.15) is 0 Å². The number of rotatable bonds is 1. The van der Waals surface area contributed by atoms with Gasteiger partial charge in [0.15, 0.2) is 0 Å². The Morgan fingerprint density at radius 3 is 2.22 bits per heavy atom. The summed E-state index contributed by atoms with van der Waals surface area (Å²) >= 11 is 6.15. The van der Waals surface area contributed by atoms with Crippen molar-refractivity contribution < 1.29 is 9.50 Å². The third-order valence-electron chi connectivity index (χ3n) is 4.10. The van der Waals surface area contributed by atoms with Crippen molar-refractivity contribution in [2.75, 3.05) is 0 Å². The van der Waals surface area contributed by atoms with E-state index in [1.54, 1.807) is 24.3 Å². The average Bonchev–Trinajstić information content (AvgIpc) is 2.57. The van der Waals surface area contributed by atoms with E-state index in [4.69, 9.17) is 11.6 Å². The van der Waals surface area contributed by atoms with Gasteiger partial charge in [0.05, 0.1) is 0 Å². The molecule has 112 valence electrons. The van der Waals surface area contributed by atoms with Crippen LogP contribution < -0.4 is 0 Å². The maximum Gasteiger partial charge on any atom is 0.131 e. The van der Waals surface area contributed by atoms with Crippen LogP contribution in [-0.4, -0.2) is 5.11 Å². The standard InChI is InChI=1S/C20H12ClFO/c21-12-9-10-14-17(11-12)13-5-1-2-6-15(13)20(23)19(14)16-7-3-4-8-18(16)22/h1-11,23H. The molecule has 0 aliphatic rings. The van der Waals surface area contributed by atoms with Gasteiger partial charge in [0.2, 0.25) is 0 Å². The fourth-order valence-corrected chi connectivity index (χ4v) is 3.25. The minimum Gasteiger partial charge on any atom is -0.507 e. The second-order valence-electron chi connectivity index (χ2n) is 5.44. The van der Waals surface area contributed by atoms with Crippen LogP contribution in [0.15, 0.2) is 66.7 Å². The summed E-state index contributed by atoms with van der Waals surface area (Å²) in [6, 6.07) is 19.4. The Balaban J connectivity index is 2.27. The van der Waals surface area contributed by atoms with Gasteiger partial charge in [0.25, 0.3) is 0 Å². The Hall–Kier alpha value is -2.58. The van der Waals surface area contributed by atoms with Gasteiger partial charge in [-0.05, 0) is 34.4 Å². The van der Waals surface area contributed by atoms with Crippen LogP contribution in [0, 0.1) is 5.82 Å². The first-order chi connectivity index (χ1) is 11.2. The number of phenols is 1. The third kappa shape index (κ3) is 2.14. The molecule has 0 radical (unpaired) electrons. The molecule has 0 aliphatic carbocycles. The van der Waals surface area contributed by atoms with Crippen molar-refractivity contribution in [2.24, 2.45) is 0 Å². The minimum atomic E-state index is -0.366. The molecule has 0 atom stereocenters. The molecule has 4 aromatic rings. The molecule has 0 saturated carbocycles. The van der Waals surface area contributed by atoms with Crippen LogP contribution in [-0.2, 0) is 0 Å². The summed E-state index contributed by atoms with van der Waals surface area (Å²) in [6.07, 6.45) is 0. The van der Waals surface area contributed by atoms with Gasteiger partial charge in [-0.15, -0.1) is 0 Å². The van der Waals surface area contributed by atoms with Crippen LogP contribution in [0.4, 0.5) is 4.39 Å². The summed E-state index contributed by atoms with van der Waals surface area (Å²) in [5.74, 6) is -0.283.